The van der Waals surface area contributed by atoms with E-state index in [4.69, 9.17) is 4.42 Å². The first-order valence-corrected chi connectivity index (χ1v) is 8.55. The minimum Gasteiger partial charge on any atom is -0.459 e. The lowest BCUT2D eigenvalue weighted by Gasteiger charge is -2.29. The van der Waals surface area contributed by atoms with Gasteiger partial charge in [-0.1, -0.05) is 44.2 Å². The summed E-state index contributed by atoms with van der Waals surface area (Å²) in [4.78, 5) is 26.6. The topological polar surface area (TPSA) is 74.6 Å². The fourth-order valence-corrected chi connectivity index (χ4v) is 2.71. The third-order valence-corrected chi connectivity index (χ3v) is 4.00. The fourth-order valence-electron chi connectivity index (χ4n) is 2.71. The maximum absolute atomic E-state index is 12.7. The Balaban J connectivity index is 1.90. The van der Waals surface area contributed by atoms with Crippen molar-refractivity contribution in [2.45, 2.75) is 19.9 Å². The van der Waals surface area contributed by atoms with Crippen molar-refractivity contribution < 1.29 is 14.0 Å². The number of hydrogen-bond acceptors (Lipinski definition) is 4. The molecule has 1 aromatic carbocycles. The van der Waals surface area contributed by atoms with Gasteiger partial charge < -0.3 is 15.1 Å². The van der Waals surface area contributed by atoms with Crippen molar-refractivity contribution in [2.24, 2.45) is 0 Å². The number of carbonyl (C=O) groups excluding carboxylic acids is 2. The fraction of sp³-hybridized carbons (Fsp3) is 0.368. The lowest BCUT2D eigenvalue weighted by atomic mass is 10.0. The first kappa shape index (κ1) is 18.7. The third kappa shape index (κ3) is 5.19. The van der Waals surface area contributed by atoms with Crippen molar-refractivity contribution in [3.63, 3.8) is 0 Å². The van der Waals surface area contributed by atoms with E-state index in [1.54, 1.807) is 12.1 Å². The van der Waals surface area contributed by atoms with Crippen LogP contribution in [0, 0.1) is 0 Å². The molecule has 1 aromatic heterocycles. The Morgan fingerprint density at radius 3 is 2.28 bits per heavy atom. The molecule has 2 rings (SSSR count). The highest BCUT2D eigenvalue weighted by Gasteiger charge is 2.25. The highest BCUT2D eigenvalue weighted by Crippen LogP contribution is 2.20. The van der Waals surface area contributed by atoms with Gasteiger partial charge >= 0.3 is 0 Å². The zero-order valence-corrected chi connectivity index (χ0v) is 14.7. The summed E-state index contributed by atoms with van der Waals surface area (Å²) in [5.41, 5.74) is 0.961. The molecule has 0 fully saturated rings. The van der Waals surface area contributed by atoms with E-state index in [2.05, 4.69) is 15.5 Å². The van der Waals surface area contributed by atoms with Crippen LogP contribution in [0.5, 0.6) is 0 Å². The van der Waals surface area contributed by atoms with Gasteiger partial charge in [-0.05, 0) is 30.8 Å². The Morgan fingerprint density at radius 1 is 1.00 bits per heavy atom. The van der Waals surface area contributed by atoms with Gasteiger partial charge in [-0.2, -0.15) is 0 Å². The number of rotatable bonds is 9. The van der Waals surface area contributed by atoms with Crippen LogP contribution in [0.25, 0.3) is 0 Å². The minimum absolute atomic E-state index is 0.0675. The van der Waals surface area contributed by atoms with Crippen LogP contribution in [-0.2, 0) is 4.79 Å². The summed E-state index contributed by atoms with van der Waals surface area (Å²) in [7, 11) is 0. The molecule has 2 aromatic rings. The van der Waals surface area contributed by atoms with E-state index >= 15 is 0 Å². The lowest BCUT2D eigenvalue weighted by Crippen LogP contribution is -2.43. The molecule has 1 atom stereocenters. The van der Waals surface area contributed by atoms with Gasteiger partial charge in [0.25, 0.3) is 5.91 Å². The van der Waals surface area contributed by atoms with E-state index in [9.17, 15) is 9.59 Å². The van der Waals surface area contributed by atoms with Crippen LogP contribution in [0.2, 0.25) is 0 Å². The van der Waals surface area contributed by atoms with E-state index in [1.165, 1.54) is 6.26 Å². The quantitative estimate of drug-likeness (QED) is 0.685. The Bertz CT molecular complexity index is 652. The van der Waals surface area contributed by atoms with Gasteiger partial charge in [-0.25, -0.2) is 0 Å². The molecule has 25 heavy (non-hydrogen) atoms. The van der Waals surface area contributed by atoms with Gasteiger partial charge in [0.2, 0.25) is 5.91 Å². The molecule has 0 aliphatic carbocycles. The molecule has 1 heterocycles. The maximum atomic E-state index is 12.7. The van der Waals surface area contributed by atoms with Crippen molar-refractivity contribution in [2.75, 3.05) is 26.2 Å². The highest BCUT2D eigenvalue weighted by molar-refractivity contribution is 5.91. The molecule has 0 radical (unpaired) electrons. The van der Waals surface area contributed by atoms with Crippen molar-refractivity contribution in [1.29, 1.82) is 0 Å². The van der Waals surface area contributed by atoms with E-state index in [0.29, 0.717) is 13.1 Å². The number of nitrogens with zero attached hydrogens (tertiary/aromatic N) is 1. The van der Waals surface area contributed by atoms with Gasteiger partial charge in [0.05, 0.1) is 6.26 Å². The first-order chi connectivity index (χ1) is 12.2. The molecule has 0 spiro atoms. The highest BCUT2D eigenvalue weighted by atomic mass is 16.3. The summed E-state index contributed by atoms with van der Waals surface area (Å²) < 4.78 is 5.02. The number of likely N-dealkylation sites (N-methyl/N-ethyl adjacent to an activating group) is 1. The number of nitrogens with one attached hydrogen (secondary N) is 2. The van der Waals surface area contributed by atoms with Crippen LogP contribution in [0.15, 0.2) is 53.1 Å². The number of carbonyl (C=O) groups is 2. The first-order valence-electron chi connectivity index (χ1n) is 8.55. The molecule has 2 N–H and O–H groups in total. The zero-order chi connectivity index (χ0) is 18.1. The molecular formula is C19H25N3O3. The second kappa shape index (κ2) is 9.64. The van der Waals surface area contributed by atoms with Crippen LogP contribution in [0.3, 0.4) is 0 Å². The largest absolute Gasteiger partial charge is 0.459 e. The molecule has 0 bridgehead atoms. The van der Waals surface area contributed by atoms with Crippen molar-refractivity contribution >= 4 is 11.8 Å². The van der Waals surface area contributed by atoms with E-state index < -0.39 is 0 Å². The van der Waals surface area contributed by atoms with Crippen molar-refractivity contribution in [3.05, 3.63) is 60.1 Å². The standard InChI is InChI=1S/C19H25N3O3/c1-3-22(4-2)17(15-9-6-5-7-10-15)19(24)21-13-12-20-18(23)16-11-8-14-25-16/h5-11,14,17H,3-4,12-13H2,1-2H3,(H,20,23)(H,21,24)/t17-/m1/s1. The maximum Gasteiger partial charge on any atom is 0.287 e. The average molecular weight is 343 g/mol. The van der Waals surface area contributed by atoms with Crippen LogP contribution >= 0.6 is 0 Å². The SMILES string of the molecule is CCN(CC)[C@@H](C(=O)NCCNC(=O)c1ccco1)c1ccccc1. The molecule has 134 valence electrons. The Kier molecular flexibility index (Phi) is 7.22. The van der Waals surface area contributed by atoms with Crippen LogP contribution in [-0.4, -0.2) is 42.9 Å². The molecule has 0 saturated carbocycles. The minimum atomic E-state index is -0.336. The molecule has 6 heteroatoms. The average Bonchev–Trinajstić information content (AvgIpc) is 3.18. The summed E-state index contributed by atoms with van der Waals surface area (Å²) in [6.07, 6.45) is 1.45. The molecule has 0 aliphatic rings. The lowest BCUT2D eigenvalue weighted by molar-refractivity contribution is -0.126. The van der Waals surface area contributed by atoms with Crippen LogP contribution in [0.4, 0.5) is 0 Å². The summed E-state index contributed by atoms with van der Waals surface area (Å²) in [5, 5.41) is 5.62. The Hall–Kier alpha value is -2.60. The second-order valence-electron chi connectivity index (χ2n) is 5.56. The van der Waals surface area contributed by atoms with Crippen molar-refractivity contribution in [1.82, 2.24) is 15.5 Å². The summed E-state index contributed by atoms with van der Waals surface area (Å²) in [6.45, 7) is 6.32. The van der Waals surface area contributed by atoms with Gasteiger partial charge in [-0.15, -0.1) is 0 Å². The summed E-state index contributed by atoms with van der Waals surface area (Å²) in [5.74, 6) is -0.0959. The summed E-state index contributed by atoms with van der Waals surface area (Å²) in [6, 6.07) is 12.6. The smallest absolute Gasteiger partial charge is 0.287 e. The van der Waals surface area contributed by atoms with Gasteiger partial charge in [0.15, 0.2) is 5.76 Å². The summed E-state index contributed by atoms with van der Waals surface area (Å²) >= 11 is 0. The van der Waals surface area contributed by atoms with Gasteiger partial charge in [-0.3, -0.25) is 14.5 Å². The predicted molar refractivity (Wildman–Crippen MR) is 96.2 cm³/mol. The third-order valence-electron chi connectivity index (χ3n) is 4.00. The Labute approximate surface area is 148 Å². The molecule has 2 amide bonds. The van der Waals surface area contributed by atoms with Crippen molar-refractivity contribution in [3.8, 4) is 0 Å². The number of furan rings is 1. The predicted octanol–water partition coefficient (Wildman–Crippen LogP) is 2.21. The Morgan fingerprint density at radius 2 is 1.68 bits per heavy atom. The van der Waals surface area contributed by atoms with Gasteiger partial charge in [0, 0.05) is 13.1 Å². The second-order valence-corrected chi connectivity index (χ2v) is 5.56. The van der Waals surface area contributed by atoms with Crippen LogP contribution in [0.1, 0.15) is 36.0 Å². The molecule has 6 nitrogen and oxygen atoms in total. The zero-order valence-electron chi connectivity index (χ0n) is 14.7. The molecular weight excluding hydrogens is 318 g/mol. The monoisotopic (exact) mass is 343 g/mol. The normalized spacial score (nSPS) is 12.0. The number of amides is 2. The van der Waals surface area contributed by atoms with Crippen LogP contribution < -0.4 is 10.6 Å². The van der Waals surface area contributed by atoms with E-state index in [1.807, 2.05) is 44.2 Å². The number of hydrogen-bond donors (Lipinski definition) is 2. The number of benzene rings is 1. The van der Waals surface area contributed by atoms with E-state index in [-0.39, 0.29) is 23.6 Å². The van der Waals surface area contributed by atoms with E-state index in [0.717, 1.165) is 18.7 Å². The molecule has 0 aliphatic heterocycles. The van der Waals surface area contributed by atoms with Gasteiger partial charge in [0.1, 0.15) is 6.04 Å². The molecule has 0 saturated heterocycles. The molecule has 0 unspecified atom stereocenters.